The first-order chi connectivity index (χ1) is 11.9. The van der Waals surface area contributed by atoms with Crippen LogP contribution in [0.25, 0.3) is 5.57 Å². The molecule has 144 valence electrons. The summed E-state index contributed by atoms with van der Waals surface area (Å²) < 4.78 is 0. The monoisotopic (exact) mass is 374 g/mol. The van der Waals surface area contributed by atoms with E-state index in [0.717, 1.165) is 5.92 Å². The molecule has 26 heavy (non-hydrogen) atoms. The Bertz CT molecular complexity index is 665. The van der Waals surface area contributed by atoms with E-state index in [9.17, 15) is 0 Å². The van der Waals surface area contributed by atoms with Crippen molar-refractivity contribution < 1.29 is 0 Å². The van der Waals surface area contributed by atoms with Crippen LogP contribution in [-0.4, -0.2) is 37.6 Å². The van der Waals surface area contributed by atoms with Crippen LogP contribution in [0.4, 0.5) is 5.69 Å². The summed E-state index contributed by atoms with van der Waals surface area (Å²) >= 11 is 0. The maximum atomic E-state index is 2.68. The van der Waals surface area contributed by atoms with Crippen molar-refractivity contribution >= 4 is 23.7 Å². The van der Waals surface area contributed by atoms with E-state index >= 15 is 0 Å². The zero-order valence-electron chi connectivity index (χ0n) is 16.9. The zero-order chi connectivity index (χ0) is 17.7. The number of benzene rings is 1. The van der Waals surface area contributed by atoms with Gasteiger partial charge in [0.2, 0.25) is 0 Å². The predicted octanol–water partition coefficient (Wildman–Crippen LogP) is 5.48. The van der Waals surface area contributed by atoms with Crippen LogP contribution < -0.4 is 4.90 Å². The number of anilines is 1. The van der Waals surface area contributed by atoms with Gasteiger partial charge in [-0.15, -0.1) is 12.4 Å². The predicted molar refractivity (Wildman–Crippen MR) is 115 cm³/mol. The van der Waals surface area contributed by atoms with Crippen molar-refractivity contribution in [2.75, 3.05) is 37.6 Å². The molecule has 1 saturated carbocycles. The summed E-state index contributed by atoms with van der Waals surface area (Å²) in [7, 11) is 0. The Morgan fingerprint density at radius 2 is 1.62 bits per heavy atom. The average Bonchev–Trinajstić information content (AvgIpc) is 3.34. The Balaban J connectivity index is 0.00000196. The molecule has 1 saturated heterocycles. The van der Waals surface area contributed by atoms with E-state index in [2.05, 4.69) is 67.8 Å². The van der Waals surface area contributed by atoms with Gasteiger partial charge in [0.25, 0.3) is 0 Å². The van der Waals surface area contributed by atoms with E-state index in [4.69, 9.17) is 0 Å². The van der Waals surface area contributed by atoms with Crippen LogP contribution in [-0.2, 0) is 0 Å². The van der Waals surface area contributed by atoms with Crippen LogP contribution in [0.3, 0.4) is 0 Å². The van der Waals surface area contributed by atoms with Crippen LogP contribution >= 0.6 is 12.4 Å². The standard InChI is InChI=1S/C23H34N2.ClH/c1-22(2)15-19(16-23(22,3)4)20-7-5-6-8-21(20)25-13-11-24(12-14-25)17-18-9-10-18;/h5-8,15,18H,9-14,16-17H2,1-4H3;1H. The summed E-state index contributed by atoms with van der Waals surface area (Å²) in [5, 5.41) is 0. The molecule has 0 spiro atoms. The molecule has 0 radical (unpaired) electrons. The van der Waals surface area contributed by atoms with Gasteiger partial charge >= 0.3 is 0 Å². The van der Waals surface area contributed by atoms with E-state index in [0.29, 0.717) is 5.41 Å². The van der Waals surface area contributed by atoms with E-state index in [1.165, 1.54) is 63.2 Å². The van der Waals surface area contributed by atoms with Gasteiger partial charge in [0.1, 0.15) is 0 Å². The van der Waals surface area contributed by atoms with E-state index in [1.807, 2.05) is 0 Å². The minimum absolute atomic E-state index is 0. The molecule has 3 heteroatoms. The van der Waals surface area contributed by atoms with Crippen molar-refractivity contribution in [2.24, 2.45) is 16.7 Å². The third kappa shape index (κ3) is 3.82. The summed E-state index contributed by atoms with van der Waals surface area (Å²) in [6.45, 7) is 15.7. The molecule has 0 amide bonds. The molecule has 3 aliphatic rings. The maximum absolute atomic E-state index is 2.68. The SMILES string of the molecule is CC1(C)C=C(c2ccccc2N2CCN(CC3CC3)CC2)CC1(C)C.Cl. The lowest BCUT2D eigenvalue weighted by molar-refractivity contribution is 0.191. The molecule has 2 aliphatic carbocycles. The lowest BCUT2D eigenvalue weighted by Crippen LogP contribution is -2.47. The number of piperazine rings is 1. The molecular formula is C23H35ClN2. The molecule has 0 aromatic heterocycles. The molecule has 1 heterocycles. The van der Waals surface area contributed by atoms with Crippen LogP contribution in [0.1, 0.15) is 52.5 Å². The first-order valence-corrected chi connectivity index (χ1v) is 10.1. The number of rotatable bonds is 4. The molecule has 1 aromatic rings. The van der Waals surface area contributed by atoms with Crippen molar-refractivity contribution in [3.63, 3.8) is 0 Å². The topological polar surface area (TPSA) is 6.48 Å². The largest absolute Gasteiger partial charge is 0.368 e. The van der Waals surface area contributed by atoms with E-state index < -0.39 is 0 Å². The maximum Gasteiger partial charge on any atom is 0.0443 e. The van der Waals surface area contributed by atoms with Crippen molar-refractivity contribution in [2.45, 2.75) is 47.0 Å². The fourth-order valence-electron chi connectivity index (χ4n) is 4.42. The summed E-state index contributed by atoms with van der Waals surface area (Å²) in [4.78, 5) is 5.30. The highest BCUT2D eigenvalue weighted by Gasteiger charge is 2.41. The average molecular weight is 375 g/mol. The van der Waals surface area contributed by atoms with Crippen molar-refractivity contribution in [3.8, 4) is 0 Å². The zero-order valence-corrected chi connectivity index (χ0v) is 17.7. The van der Waals surface area contributed by atoms with Gasteiger partial charge in [-0.3, -0.25) is 4.90 Å². The van der Waals surface area contributed by atoms with E-state index in [-0.39, 0.29) is 17.8 Å². The van der Waals surface area contributed by atoms with Crippen molar-refractivity contribution in [1.29, 1.82) is 0 Å². The molecule has 4 rings (SSSR count). The smallest absolute Gasteiger partial charge is 0.0443 e. The third-order valence-corrected chi connectivity index (χ3v) is 7.09. The van der Waals surface area contributed by atoms with Gasteiger partial charge in [0.05, 0.1) is 0 Å². The summed E-state index contributed by atoms with van der Waals surface area (Å²) in [5.74, 6) is 1.01. The molecule has 0 N–H and O–H groups in total. The second-order valence-electron chi connectivity index (χ2n) is 9.70. The number of para-hydroxylation sites is 1. The Morgan fingerprint density at radius 3 is 2.19 bits per heavy atom. The van der Waals surface area contributed by atoms with Crippen LogP contribution in [0.15, 0.2) is 30.3 Å². The minimum Gasteiger partial charge on any atom is -0.368 e. The molecule has 2 fully saturated rings. The number of hydrogen-bond donors (Lipinski definition) is 0. The first kappa shape index (κ1) is 19.8. The number of halogens is 1. The molecule has 0 unspecified atom stereocenters. The quantitative estimate of drug-likeness (QED) is 0.688. The van der Waals surface area contributed by atoms with Gasteiger partial charge in [-0.1, -0.05) is 52.0 Å². The third-order valence-electron chi connectivity index (χ3n) is 7.09. The summed E-state index contributed by atoms with van der Waals surface area (Å²) in [6.07, 6.45) is 6.64. The summed E-state index contributed by atoms with van der Waals surface area (Å²) in [6, 6.07) is 9.10. The van der Waals surface area contributed by atoms with Gasteiger partial charge in [-0.05, 0) is 47.6 Å². The Labute approximate surface area is 166 Å². The number of hydrogen-bond acceptors (Lipinski definition) is 2. The molecule has 1 aliphatic heterocycles. The molecular weight excluding hydrogens is 340 g/mol. The van der Waals surface area contributed by atoms with Crippen molar-refractivity contribution in [3.05, 3.63) is 35.9 Å². The van der Waals surface area contributed by atoms with Crippen LogP contribution in [0.5, 0.6) is 0 Å². The van der Waals surface area contributed by atoms with Gasteiger partial charge in [0, 0.05) is 44.0 Å². The Morgan fingerprint density at radius 1 is 0.962 bits per heavy atom. The summed E-state index contributed by atoms with van der Waals surface area (Å²) in [5.41, 5.74) is 5.06. The van der Waals surface area contributed by atoms with Crippen molar-refractivity contribution in [1.82, 2.24) is 4.90 Å². The van der Waals surface area contributed by atoms with Crippen LogP contribution in [0, 0.1) is 16.7 Å². The number of allylic oxidation sites excluding steroid dienone is 2. The highest BCUT2D eigenvalue weighted by Crippen LogP contribution is 2.54. The highest BCUT2D eigenvalue weighted by atomic mass is 35.5. The molecule has 2 nitrogen and oxygen atoms in total. The fraction of sp³-hybridized carbons (Fsp3) is 0.652. The van der Waals surface area contributed by atoms with Gasteiger partial charge in [0.15, 0.2) is 0 Å². The lowest BCUT2D eigenvalue weighted by Gasteiger charge is -2.37. The minimum atomic E-state index is 0. The second kappa shape index (κ2) is 7.20. The van der Waals surface area contributed by atoms with E-state index in [1.54, 1.807) is 5.57 Å². The lowest BCUT2D eigenvalue weighted by atomic mass is 9.70. The van der Waals surface area contributed by atoms with Gasteiger partial charge in [-0.2, -0.15) is 0 Å². The Hall–Kier alpha value is -0.990. The fourth-order valence-corrected chi connectivity index (χ4v) is 4.42. The molecule has 0 atom stereocenters. The molecule has 1 aromatic carbocycles. The van der Waals surface area contributed by atoms with Crippen LogP contribution in [0.2, 0.25) is 0 Å². The second-order valence-corrected chi connectivity index (χ2v) is 9.70. The Kier molecular flexibility index (Phi) is 5.48. The molecule has 0 bridgehead atoms. The van der Waals surface area contributed by atoms with Gasteiger partial charge < -0.3 is 4.90 Å². The highest BCUT2D eigenvalue weighted by molar-refractivity contribution is 5.85. The first-order valence-electron chi connectivity index (χ1n) is 10.1. The number of nitrogens with zero attached hydrogens (tertiary/aromatic N) is 2. The normalized spacial score (nSPS) is 24.9. The van der Waals surface area contributed by atoms with Gasteiger partial charge in [-0.25, -0.2) is 0 Å².